The van der Waals surface area contributed by atoms with E-state index in [-0.39, 0.29) is 23.4 Å². The highest BCUT2D eigenvalue weighted by Crippen LogP contribution is 2.31. The zero-order chi connectivity index (χ0) is 16.8. The van der Waals surface area contributed by atoms with Crippen LogP contribution in [0.25, 0.3) is 0 Å². The number of benzene rings is 1. The highest BCUT2D eigenvalue weighted by Gasteiger charge is 2.28. The molecule has 2 rings (SSSR count). The first-order chi connectivity index (χ1) is 11.0. The number of amides is 1. The van der Waals surface area contributed by atoms with Gasteiger partial charge in [-0.25, -0.2) is 0 Å². The van der Waals surface area contributed by atoms with Gasteiger partial charge in [-0.05, 0) is 30.4 Å². The topological polar surface area (TPSA) is 107 Å². The summed E-state index contributed by atoms with van der Waals surface area (Å²) in [6.45, 7) is 0.512. The third-order valence-corrected chi connectivity index (χ3v) is 4.71. The lowest BCUT2D eigenvalue weighted by Crippen LogP contribution is -2.39. The summed E-state index contributed by atoms with van der Waals surface area (Å²) >= 11 is 1.41. The van der Waals surface area contributed by atoms with E-state index >= 15 is 0 Å². The predicted molar refractivity (Wildman–Crippen MR) is 89.5 cm³/mol. The molecule has 8 heteroatoms. The fraction of sp³-hybridized carbons (Fsp3) is 0.533. The summed E-state index contributed by atoms with van der Waals surface area (Å²) in [6, 6.07) is 4.86. The first-order valence-electron chi connectivity index (χ1n) is 7.42. The van der Waals surface area contributed by atoms with Crippen molar-refractivity contribution in [2.75, 3.05) is 19.4 Å². The normalized spacial score (nSPS) is 15.0. The van der Waals surface area contributed by atoms with E-state index in [1.165, 1.54) is 24.9 Å². The zero-order valence-electron chi connectivity index (χ0n) is 13.0. The fourth-order valence-corrected chi connectivity index (χ4v) is 3.01. The number of thioether (sulfide) groups is 1. The zero-order valence-corrected chi connectivity index (χ0v) is 13.8. The quantitative estimate of drug-likeness (QED) is 0.524. The van der Waals surface area contributed by atoms with Crippen molar-refractivity contribution < 1.29 is 14.5 Å². The van der Waals surface area contributed by atoms with E-state index in [1.54, 1.807) is 12.1 Å². The van der Waals surface area contributed by atoms with Crippen molar-refractivity contribution in [3.05, 3.63) is 33.9 Å². The number of nitro groups is 1. The number of carbonyl (C=O) groups is 1. The predicted octanol–water partition coefficient (Wildman–Crippen LogP) is 1.69. The molecule has 1 amide bonds. The number of ether oxygens (including phenoxy) is 1. The first kappa shape index (κ1) is 17.6. The molecule has 0 aromatic heterocycles. The Balaban J connectivity index is 1.75. The van der Waals surface area contributed by atoms with E-state index in [0.29, 0.717) is 24.0 Å². The first-order valence-corrected chi connectivity index (χ1v) is 8.58. The number of carbonyl (C=O) groups excluding carboxylic acids is 1. The molecule has 0 saturated heterocycles. The lowest BCUT2D eigenvalue weighted by atomic mass is 10.2. The molecule has 126 valence electrons. The molecule has 3 N–H and O–H groups in total. The minimum Gasteiger partial charge on any atom is -0.490 e. The van der Waals surface area contributed by atoms with Gasteiger partial charge in [0.05, 0.1) is 17.8 Å². The summed E-state index contributed by atoms with van der Waals surface area (Å²) in [7, 11) is 1.40. The highest BCUT2D eigenvalue weighted by atomic mass is 32.2. The molecule has 7 nitrogen and oxygen atoms in total. The second-order valence-corrected chi connectivity index (χ2v) is 6.55. The summed E-state index contributed by atoms with van der Waals surface area (Å²) in [5, 5.41) is 13.8. The van der Waals surface area contributed by atoms with Crippen LogP contribution in [0, 0.1) is 16.0 Å². The number of nitro benzene ring substituents is 1. The van der Waals surface area contributed by atoms with Gasteiger partial charge in [-0.3, -0.25) is 14.9 Å². The van der Waals surface area contributed by atoms with Crippen molar-refractivity contribution in [1.82, 2.24) is 5.32 Å². The van der Waals surface area contributed by atoms with Crippen LogP contribution in [0.3, 0.4) is 0 Å². The molecule has 1 saturated carbocycles. The number of hydrogen-bond donors (Lipinski definition) is 2. The molecule has 0 heterocycles. The lowest BCUT2D eigenvalue weighted by Gasteiger charge is -2.11. The van der Waals surface area contributed by atoms with Crippen molar-refractivity contribution in [3.8, 4) is 5.75 Å². The number of nitrogens with zero attached hydrogens (tertiary/aromatic N) is 1. The Hall–Kier alpha value is -1.80. The van der Waals surface area contributed by atoms with E-state index in [1.807, 2.05) is 0 Å². The SMILES string of the molecule is COc1ccc(CSCC(=O)NCC(N)C2CC2)cc1[N+](=O)[O-]. The van der Waals surface area contributed by atoms with Gasteiger partial charge in [0.1, 0.15) is 0 Å². The second kappa shape index (κ2) is 8.16. The molecule has 0 aliphatic heterocycles. The number of nitrogens with two attached hydrogens (primary N) is 1. The monoisotopic (exact) mass is 339 g/mol. The Morgan fingerprint density at radius 2 is 2.30 bits per heavy atom. The van der Waals surface area contributed by atoms with Crippen LogP contribution in [0.1, 0.15) is 18.4 Å². The Bertz CT molecular complexity index is 578. The molecular formula is C15H21N3O4S. The van der Waals surface area contributed by atoms with Crippen LogP contribution in [-0.4, -0.2) is 36.3 Å². The van der Waals surface area contributed by atoms with E-state index < -0.39 is 4.92 Å². The van der Waals surface area contributed by atoms with Crippen LogP contribution in [0.15, 0.2) is 18.2 Å². The summed E-state index contributed by atoms with van der Waals surface area (Å²) < 4.78 is 4.96. The van der Waals surface area contributed by atoms with Crippen molar-refractivity contribution >= 4 is 23.4 Å². The van der Waals surface area contributed by atoms with Gasteiger partial charge in [0.2, 0.25) is 5.91 Å². The van der Waals surface area contributed by atoms with Gasteiger partial charge in [-0.15, -0.1) is 11.8 Å². The molecule has 1 unspecified atom stereocenters. The molecular weight excluding hydrogens is 318 g/mol. The van der Waals surface area contributed by atoms with Crippen LogP contribution < -0.4 is 15.8 Å². The Kier molecular flexibility index (Phi) is 6.23. The molecule has 23 heavy (non-hydrogen) atoms. The van der Waals surface area contributed by atoms with Crippen LogP contribution in [0.4, 0.5) is 5.69 Å². The highest BCUT2D eigenvalue weighted by molar-refractivity contribution is 7.99. The van der Waals surface area contributed by atoms with Crippen LogP contribution in [0.5, 0.6) is 5.75 Å². The van der Waals surface area contributed by atoms with Crippen LogP contribution in [0.2, 0.25) is 0 Å². The van der Waals surface area contributed by atoms with Gasteiger partial charge in [-0.2, -0.15) is 0 Å². The average Bonchev–Trinajstić information content (AvgIpc) is 3.37. The van der Waals surface area contributed by atoms with Crippen LogP contribution in [-0.2, 0) is 10.5 Å². The van der Waals surface area contributed by atoms with Crippen molar-refractivity contribution in [1.29, 1.82) is 0 Å². The Morgan fingerprint density at radius 3 is 2.91 bits per heavy atom. The maximum absolute atomic E-state index is 11.7. The summed E-state index contributed by atoms with van der Waals surface area (Å²) in [5.74, 6) is 1.55. The Morgan fingerprint density at radius 1 is 1.57 bits per heavy atom. The third kappa shape index (κ3) is 5.40. The number of nitrogens with one attached hydrogen (secondary N) is 1. The molecule has 1 fully saturated rings. The van der Waals surface area contributed by atoms with Crippen molar-refractivity contribution in [3.63, 3.8) is 0 Å². The van der Waals surface area contributed by atoms with Gasteiger partial charge < -0.3 is 15.8 Å². The van der Waals surface area contributed by atoms with Gasteiger partial charge in [0, 0.05) is 24.4 Å². The molecule has 1 aliphatic rings. The van der Waals surface area contributed by atoms with Gasteiger partial charge in [0.25, 0.3) is 0 Å². The molecule has 1 atom stereocenters. The standard InChI is InChI=1S/C15H21N3O4S/c1-22-14-5-2-10(6-13(14)18(20)21)8-23-9-15(19)17-7-12(16)11-3-4-11/h2,5-6,11-12H,3-4,7-9,16H2,1H3,(H,17,19). The minimum absolute atomic E-state index is 0.0492. The molecule has 1 aromatic carbocycles. The van der Waals surface area contributed by atoms with E-state index in [0.717, 1.165) is 18.4 Å². The summed E-state index contributed by atoms with van der Waals surface area (Å²) in [5.41, 5.74) is 6.64. The maximum Gasteiger partial charge on any atom is 0.311 e. The van der Waals surface area contributed by atoms with Crippen molar-refractivity contribution in [2.24, 2.45) is 11.7 Å². The Labute approximate surface area is 139 Å². The van der Waals surface area contributed by atoms with E-state index in [4.69, 9.17) is 10.5 Å². The average molecular weight is 339 g/mol. The minimum atomic E-state index is -0.473. The summed E-state index contributed by atoms with van der Waals surface area (Å²) in [4.78, 5) is 22.2. The van der Waals surface area contributed by atoms with Gasteiger partial charge >= 0.3 is 5.69 Å². The molecule has 1 aromatic rings. The second-order valence-electron chi connectivity index (χ2n) is 5.56. The van der Waals surface area contributed by atoms with Gasteiger partial charge in [-0.1, -0.05) is 6.07 Å². The van der Waals surface area contributed by atoms with E-state index in [2.05, 4.69) is 5.32 Å². The smallest absolute Gasteiger partial charge is 0.311 e. The number of rotatable bonds is 9. The third-order valence-electron chi connectivity index (χ3n) is 3.70. The van der Waals surface area contributed by atoms with Gasteiger partial charge in [0.15, 0.2) is 5.75 Å². The molecule has 1 aliphatic carbocycles. The molecule has 0 radical (unpaired) electrons. The largest absolute Gasteiger partial charge is 0.490 e. The number of hydrogen-bond acceptors (Lipinski definition) is 6. The number of methoxy groups -OCH3 is 1. The maximum atomic E-state index is 11.7. The fourth-order valence-electron chi connectivity index (χ4n) is 2.20. The van der Waals surface area contributed by atoms with Crippen molar-refractivity contribution in [2.45, 2.75) is 24.6 Å². The molecule has 0 bridgehead atoms. The van der Waals surface area contributed by atoms with E-state index in [9.17, 15) is 14.9 Å². The van der Waals surface area contributed by atoms with Crippen LogP contribution >= 0.6 is 11.8 Å². The lowest BCUT2D eigenvalue weighted by molar-refractivity contribution is -0.385. The summed E-state index contributed by atoms with van der Waals surface area (Å²) in [6.07, 6.45) is 2.31. The molecule has 0 spiro atoms.